The highest BCUT2D eigenvalue weighted by Gasteiger charge is 2.57. The van der Waals surface area contributed by atoms with E-state index < -0.39 is 5.97 Å². The van der Waals surface area contributed by atoms with Gasteiger partial charge in [-0.05, 0) is 102 Å². The van der Waals surface area contributed by atoms with E-state index in [1.54, 1.807) is 13.3 Å². The average Bonchev–Trinajstić information content (AvgIpc) is 3.24. The zero-order chi connectivity index (χ0) is 25.5. The van der Waals surface area contributed by atoms with Crippen molar-refractivity contribution in [2.24, 2.45) is 16.7 Å². The number of carbonyl (C=O) groups excluding carboxylic acids is 1. The monoisotopic (exact) mass is 488 g/mol. The van der Waals surface area contributed by atoms with Crippen molar-refractivity contribution in [1.29, 1.82) is 0 Å². The number of amides is 1. The van der Waals surface area contributed by atoms with Gasteiger partial charge in [0.15, 0.2) is 0 Å². The fraction of sp³-hybridized carbons (Fsp3) is 0.500. The highest BCUT2D eigenvalue weighted by atomic mass is 16.5. The molecule has 3 aliphatic rings. The maximum atomic E-state index is 12.6. The van der Waals surface area contributed by atoms with Crippen molar-refractivity contribution in [1.82, 2.24) is 10.3 Å². The summed E-state index contributed by atoms with van der Waals surface area (Å²) in [5.74, 6) is 0.894. The summed E-state index contributed by atoms with van der Waals surface area (Å²) in [7, 11) is 1.69. The summed E-state index contributed by atoms with van der Waals surface area (Å²) in [4.78, 5) is 27.8. The smallest absolute Gasteiger partial charge is 0.303 e. The first-order chi connectivity index (χ1) is 17.3. The molecule has 5 rings (SSSR count). The second-order valence-corrected chi connectivity index (χ2v) is 11.2. The summed E-state index contributed by atoms with van der Waals surface area (Å²) < 4.78 is 5.45. The Morgan fingerprint density at radius 3 is 2.81 bits per heavy atom. The standard InChI is InChI=1S/C30H36N2O4/c1-29-13-11-25-23-7-6-20(28(35)32-14-4-5-27(33)34)15-19(23)10-12-30(25,2)26(29)9-8-24(29)21-16-22(36-3)18-31-17-21/h6-8,15-18,25-26H,4-5,9-14H2,1-3H3,(H,32,35)(H,33,34)/t25-,26-,29-,30-/m1/s1. The van der Waals surface area contributed by atoms with Gasteiger partial charge in [0.1, 0.15) is 5.75 Å². The Balaban J connectivity index is 1.35. The molecular weight excluding hydrogens is 452 g/mol. The topological polar surface area (TPSA) is 88.5 Å². The van der Waals surface area contributed by atoms with Gasteiger partial charge in [0.25, 0.3) is 5.91 Å². The molecule has 6 heteroatoms. The summed E-state index contributed by atoms with van der Waals surface area (Å²) in [6.07, 6.45) is 12.1. The summed E-state index contributed by atoms with van der Waals surface area (Å²) >= 11 is 0. The third kappa shape index (κ3) is 4.10. The number of allylic oxidation sites excluding steroid dienone is 2. The van der Waals surface area contributed by atoms with E-state index in [-0.39, 0.29) is 23.2 Å². The molecule has 0 bridgehead atoms. The molecule has 1 aromatic carbocycles. The minimum absolute atomic E-state index is 0.0652. The number of aliphatic carboxylic acids is 1. The second kappa shape index (κ2) is 9.38. The quantitative estimate of drug-likeness (QED) is 0.494. The molecule has 0 spiro atoms. The lowest BCUT2D eigenvalue weighted by Gasteiger charge is -2.57. The van der Waals surface area contributed by atoms with Crippen LogP contribution in [0, 0.1) is 16.7 Å². The first-order valence-electron chi connectivity index (χ1n) is 13.1. The van der Waals surface area contributed by atoms with Gasteiger partial charge in [-0.15, -0.1) is 0 Å². The highest BCUT2D eigenvalue weighted by molar-refractivity contribution is 5.94. The van der Waals surface area contributed by atoms with Crippen molar-refractivity contribution in [3.8, 4) is 5.75 Å². The van der Waals surface area contributed by atoms with Gasteiger partial charge in [-0.1, -0.05) is 26.0 Å². The third-order valence-electron chi connectivity index (χ3n) is 9.31. The molecule has 0 radical (unpaired) electrons. The predicted molar refractivity (Wildman–Crippen MR) is 139 cm³/mol. The van der Waals surface area contributed by atoms with Crippen molar-refractivity contribution >= 4 is 17.4 Å². The number of ether oxygens (including phenoxy) is 1. The van der Waals surface area contributed by atoms with Crippen LogP contribution in [0.15, 0.2) is 42.7 Å². The van der Waals surface area contributed by atoms with E-state index >= 15 is 0 Å². The zero-order valence-electron chi connectivity index (χ0n) is 21.5. The number of fused-ring (bicyclic) bond motifs is 5. The number of benzene rings is 1. The number of aryl methyl sites for hydroxylation is 1. The zero-order valence-corrected chi connectivity index (χ0v) is 21.5. The lowest BCUT2D eigenvalue weighted by Crippen LogP contribution is -2.48. The number of nitrogens with one attached hydrogen (secondary N) is 1. The van der Waals surface area contributed by atoms with E-state index in [2.05, 4.69) is 48.4 Å². The first-order valence-corrected chi connectivity index (χ1v) is 13.1. The summed E-state index contributed by atoms with van der Waals surface area (Å²) in [5.41, 5.74) is 6.28. The number of methoxy groups -OCH3 is 1. The van der Waals surface area contributed by atoms with Crippen LogP contribution in [0.5, 0.6) is 5.75 Å². The lowest BCUT2D eigenvalue weighted by molar-refractivity contribution is -0.137. The normalized spacial score (nSPS) is 28.4. The fourth-order valence-corrected chi connectivity index (χ4v) is 7.47. The van der Waals surface area contributed by atoms with Gasteiger partial charge < -0.3 is 15.2 Å². The summed E-state index contributed by atoms with van der Waals surface area (Å²) in [6, 6.07) is 8.31. The SMILES string of the molecule is COc1cncc(C2=CC[C@H]3[C@]4(C)CCc5cc(C(=O)NCCCC(=O)O)ccc5[C@H]4CC[C@]23C)c1. The number of carboxylic acids is 1. The Kier molecular flexibility index (Phi) is 6.39. The van der Waals surface area contributed by atoms with Gasteiger partial charge in [0.2, 0.25) is 0 Å². The number of hydrogen-bond donors (Lipinski definition) is 2. The number of hydrogen-bond acceptors (Lipinski definition) is 4. The average molecular weight is 489 g/mol. The predicted octanol–water partition coefficient (Wildman–Crippen LogP) is 5.62. The molecule has 1 amide bonds. The number of carbonyl (C=O) groups is 2. The second-order valence-electron chi connectivity index (χ2n) is 11.2. The van der Waals surface area contributed by atoms with Crippen molar-refractivity contribution in [3.63, 3.8) is 0 Å². The molecule has 2 aromatic rings. The van der Waals surface area contributed by atoms with E-state index in [4.69, 9.17) is 9.84 Å². The van der Waals surface area contributed by atoms with Gasteiger partial charge in [-0.3, -0.25) is 14.6 Å². The van der Waals surface area contributed by atoms with Gasteiger partial charge in [0.05, 0.1) is 13.3 Å². The molecular formula is C30H36N2O4. The van der Waals surface area contributed by atoms with Crippen molar-refractivity contribution < 1.29 is 19.4 Å². The van der Waals surface area contributed by atoms with Crippen molar-refractivity contribution in [3.05, 3.63) is 65.0 Å². The van der Waals surface area contributed by atoms with Gasteiger partial charge in [0, 0.05) is 24.7 Å². The molecule has 3 aliphatic carbocycles. The highest BCUT2D eigenvalue weighted by Crippen LogP contribution is 2.68. The summed E-state index contributed by atoms with van der Waals surface area (Å²) in [5, 5.41) is 11.7. The largest absolute Gasteiger partial charge is 0.495 e. The van der Waals surface area contributed by atoms with Crippen LogP contribution in [0.4, 0.5) is 0 Å². The van der Waals surface area contributed by atoms with E-state index in [1.807, 2.05) is 12.3 Å². The molecule has 0 unspecified atom stereocenters. The van der Waals surface area contributed by atoms with E-state index in [0.29, 0.717) is 30.4 Å². The Morgan fingerprint density at radius 1 is 1.19 bits per heavy atom. The van der Waals surface area contributed by atoms with Crippen molar-refractivity contribution in [2.75, 3.05) is 13.7 Å². The number of carboxylic acid groups (broad SMARTS) is 1. The van der Waals surface area contributed by atoms with Crippen LogP contribution in [0.1, 0.15) is 85.3 Å². The van der Waals surface area contributed by atoms with Gasteiger partial charge in [-0.2, -0.15) is 0 Å². The molecule has 0 saturated heterocycles. The van der Waals surface area contributed by atoms with Crippen LogP contribution in [-0.4, -0.2) is 35.6 Å². The minimum Gasteiger partial charge on any atom is -0.495 e. The first kappa shape index (κ1) is 24.5. The Morgan fingerprint density at radius 2 is 2.03 bits per heavy atom. The van der Waals surface area contributed by atoms with Gasteiger partial charge in [-0.25, -0.2) is 0 Å². The summed E-state index contributed by atoms with van der Waals surface area (Å²) in [6.45, 7) is 5.32. The molecule has 2 N–H and O–H groups in total. The number of rotatable bonds is 7. The molecule has 0 aliphatic heterocycles. The molecule has 1 fully saturated rings. The Bertz CT molecular complexity index is 1220. The van der Waals surface area contributed by atoms with Crippen LogP contribution in [-0.2, 0) is 11.2 Å². The number of pyridine rings is 1. The third-order valence-corrected chi connectivity index (χ3v) is 9.31. The lowest BCUT2D eigenvalue weighted by atomic mass is 9.47. The van der Waals surface area contributed by atoms with E-state index in [0.717, 1.165) is 37.9 Å². The number of aromatic nitrogens is 1. The molecule has 1 saturated carbocycles. The minimum atomic E-state index is -0.839. The molecule has 190 valence electrons. The van der Waals surface area contributed by atoms with E-state index in [1.165, 1.54) is 22.3 Å². The molecule has 4 atom stereocenters. The Hall–Kier alpha value is -3.15. The molecule has 6 nitrogen and oxygen atoms in total. The molecule has 36 heavy (non-hydrogen) atoms. The Labute approximate surface area is 213 Å². The maximum Gasteiger partial charge on any atom is 0.303 e. The maximum absolute atomic E-state index is 12.6. The molecule has 1 heterocycles. The van der Waals surface area contributed by atoms with E-state index in [9.17, 15) is 9.59 Å². The fourth-order valence-electron chi connectivity index (χ4n) is 7.47. The van der Waals surface area contributed by atoms with Crippen LogP contribution >= 0.6 is 0 Å². The molecule has 1 aromatic heterocycles. The van der Waals surface area contributed by atoms with Gasteiger partial charge >= 0.3 is 5.97 Å². The van der Waals surface area contributed by atoms with Crippen LogP contribution < -0.4 is 10.1 Å². The van der Waals surface area contributed by atoms with Crippen LogP contribution in [0.2, 0.25) is 0 Å². The van der Waals surface area contributed by atoms with Crippen LogP contribution in [0.25, 0.3) is 5.57 Å². The van der Waals surface area contributed by atoms with Crippen LogP contribution in [0.3, 0.4) is 0 Å². The number of nitrogens with zero attached hydrogens (tertiary/aromatic N) is 1. The van der Waals surface area contributed by atoms with Crippen molar-refractivity contribution in [2.45, 2.75) is 64.7 Å².